The van der Waals surface area contributed by atoms with Gasteiger partial charge in [-0.2, -0.15) is 0 Å². The molecule has 158 valence electrons. The normalized spacial score (nSPS) is 19.0. The molecule has 2 aliphatic rings. The van der Waals surface area contributed by atoms with Gasteiger partial charge in [0.15, 0.2) is 0 Å². The zero-order valence-electron chi connectivity index (χ0n) is 18.2. The largest absolute Gasteiger partial charge is 0.339 e. The van der Waals surface area contributed by atoms with Crippen LogP contribution in [0.25, 0.3) is 0 Å². The Balaban J connectivity index is 1.78. The van der Waals surface area contributed by atoms with Gasteiger partial charge in [0.1, 0.15) is 5.82 Å². The molecule has 3 rings (SSSR count). The molecular formula is C25H32N4O. The first-order valence-corrected chi connectivity index (χ1v) is 10.8. The van der Waals surface area contributed by atoms with Crippen LogP contribution in [-0.4, -0.2) is 24.5 Å². The summed E-state index contributed by atoms with van der Waals surface area (Å²) in [4.78, 5) is 13.0. The van der Waals surface area contributed by atoms with E-state index in [2.05, 4.69) is 41.7 Å². The van der Waals surface area contributed by atoms with E-state index in [1.807, 2.05) is 54.6 Å². The van der Waals surface area contributed by atoms with Gasteiger partial charge in [0, 0.05) is 13.6 Å². The number of carbonyl (C=O) groups excluding carboxylic acids is 1. The lowest BCUT2D eigenvalue weighted by Gasteiger charge is -2.20. The number of rotatable bonds is 8. The van der Waals surface area contributed by atoms with Crippen molar-refractivity contribution in [3.8, 4) is 0 Å². The van der Waals surface area contributed by atoms with Gasteiger partial charge in [0.25, 0.3) is 5.91 Å². The molecule has 30 heavy (non-hydrogen) atoms. The molecule has 1 heterocycles. The van der Waals surface area contributed by atoms with E-state index < -0.39 is 0 Å². The molecule has 0 bridgehead atoms. The van der Waals surface area contributed by atoms with Gasteiger partial charge in [-0.1, -0.05) is 56.5 Å². The highest BCUT2D eigenvalue weighted by molar-refractivity contribution is 6.07. The van der Waals surface area contributed by atoms with E-state index in [0.29, 0.717) is 5.57 Å². The molecule has 1 aliphatic carbocycles. The smallest absolute Gasteiger partial charge is 0.263 e. The van der Waals surface area contributed by atoms with Gasteiger partial charge in [-0.3, -0.25) is 9.80 Å². The Morgan fingerprint density at radius 2 is 1.90 bits per heavy atom. The van der Waals surface area contributed by atoms with Crippen LogP contribution in [0.2, 0.25) is 0 Å². The second kappa shape index (κ2) is 10.7. The van der Waals surface area contributed by atoms with E-state index in [1.54, 1.807) is 0 Å². The number of hydrogen-bond acceptors (Lipinski definition) is 4. The lowest BCUT2D eigenvalue weighted by Crippen LogP contribution is -2.30. The van der Waals surface area contributed by atoms with Crippen molar-refractivity contribution in [3.63, 3.8) is 0 Å². The second-order valence-electron chi connectivity index (χ2n) is 7.58. The van der Waals surface area contributed by atoms with Crippen LogP contribution in [0.4, 0.5) is 11.4 Å². The first-order chi connectivity index (χ1) is 14.6. The molecular weight excluding hydrogens is 372 g/mol. The third kappa shape index (κ3) is 5.53. The second-order valence-corrected chi connectivity index (χ2v) is 7.58. The molecule has 1 aromatic carbocycles. The summed E-state index contributed by atoms with van der Waals surface area (Å²) in [5, 5.41) is 8.58. The maximum Gasteiger partial charge on any atom is 0.263 e. The number of nitrogens with zero attached hydrogens (tertiary/aromatic N) is 1. The van der Waals surface area contributed by atoms with Crippen molar-refractivity contribution in [2.75, 3.05) is 24.2 Å². The summed E-state index contributed by atoms with van der Waals surface area (Å²) in [6.07, 6.45) is 13.0. The summed E-state index contributed by atoms with van der Waals surface area (Å²) in [6.45, 7) is 5.19. The van der Waals surface area contributed by atoms with Crippen LogP contribution in [0.1, 0.15) is 46.0 Å². The zero-order chi connectivity index (χ0) is 21.3. The van der Waals surface area contributed by atoms with Crippen molar-refractivity contribution in [2.45, 2.75) is 46.0 Å². The molecule has 1 aromatic rings. The Morgan fingerprint density at radius 3 is 2.67 bits per heavy atom. The van der Waals surface area contributed by atoms with Crippen LogP contribution < -0.4 is 16.1 Å². The summed E-state index contributed by atoms with van der Waals surface area (Å²) in [7, 11) is 2.00. The van der Waals surface area contributed by atoms with E-state index in [1.165, 1.54) is 11.1 Å². The Kier molecular flexibility index (Phi) is 7.72. The van der Waals surface area contributed by atoms with Crippen molar-refractivity contribution < 1.29 is 4.79 Å². The Labute approximate surface area is 179 Å². The molecule has 5 nitrogen and oxygen atoms in total. The minimum Gasteiger partial charge on any atom is -0.339 e. The lowest BCUT2D eigenvalue weighted by atomic mass is 10.1. The quantitative estimate of drug-likeness (QED) is 0.517. The Hall–Kier alpha value is -3.01. The van der Waals surface area contributed by atoms with Crippen molar-refractivity contribution in [3.05, 3.63) is 76.8 Å². The molecule has 0 saturated heterocycles. The van der Waals surface area contributed by atoms with Crippen molar-refractivity contribution in [2.24, 2.45) is 0 Å². The van der Waals surface area contributed by atoms with Gasteiger partial charge in [-0.05, 0) is 49.1 Å². The van der Waals surface area contributed by atoms with Crippen LogP contribution in [0.3, 0.4) is 0 Å². The summed E-state index contributed by atoms with van der Waals surface area (Å²) in [5.74, 6) is 0.896. The highest BCUT2D eigenvalue weighted by Gasteiger charge is 2.20. The maximum absolute atomic E-state index is 13.0. The van der Waals surface area contributed by atoms with Gasteiger partial charge in [0.2, 0.25) is 0 Å². The van der Waals surface area contributed by atoms with Crippen LogP contribution in [0.15, 0.2) is 76.8 Å². The molecule has 0 atom stereocenters. The molecule has 0 fully saturated rings. The first-order valence-electron chi connectivity index (χ1n) is 10.8. The molecule has 0 unspecified atom stereocenters. The fraction of sp³-hybridized carbons (Fsp3) is 0.360. The van der Waals surface area contributed by atoms with E-state index in [0.717, 1.165) is 55.8 Å². The van der Waals surface area contributed by atoms with Crippen LogP contribution >= 0.6 is 0 Å². The van der Waals surface area contributed by atoms with Crippen molar-refractivity contribution in [1.82, 2.24) is 10.4 Å². The van der Waals surface area contributed by atoms with E-state index >= 15 is 0 Å². The Bertz CT molecular complexity index is 932. The van der Waals surface area contributed by atoms with Crippen LogP contribution in [-0.2, 0) is 4.79 Å². The number of para-hydroxylation sites is 2. The predicted molar refractivity (Wildman–Crippen MR) is 125 cm³/mol. The predicted octanol–water partition coefficient (Wildman–Crippen LogP) is 5.27. The third-order valence-electron chi connectivity index (χ3n) is 5.18. The molecule has 0 aromatic heterocycles. The SMILES string of the molecule is CCCC1=C(Nc2ccccc2NC(=O)C2=C=CC/C=C(CCC)\C=C/2)N(C)NC1. The van der Waals surface area contributed by atoms with Crippen molar-refractivity contribution in [1.29, 1.82) is 0 Å². The highest BCUT2D eigenvalue weighted by atomic mass is 16.1. The number of hydrazine groups is 1. The van der Waals surface area contributed by atoms with Crippen molar-refractivity contribution >= 4 is 17.3 Å². The minimum atomic E-state index is -0.157. The number of amides is 1. The van der Waals surface area contributed by atoms with Gasteiger partial charge in [0.05, 0.1) is 16.9 Å². The van der Waals surface area contributed by atoms with E-state index in [9.17, 15) is 4.79 Å². The third-order valence-corrected chi connectivity index (χ3v) is 5.18. The van der Waals surface area contributed by atoms with E-state index in [4.69, 9.17) is 0 Å². The monoisotopic (exact) mass is 404 g/mol. The fourth-order valence-electron chi connectivity index (χ4n) is 3.61. The lowest BCUT2D eigenvalue weighted by molar-refractivity contribution is -0.112. The van der Waals surface area contributed by atoms with Crippen LogP contribution in [0.5, 0.6) is 0 Å². The molecule has 0 saturated carbocycles. The summed E-state index contributed by atoms with van der Waals surface area (Å²) < 4.78 is 0. The van der Waals surface area contributed by atoms with Gasteiger partial charge >= 0.3 is 0 Å². The van der Waals surface area contributed by atoms with Gasteiger partial charge in [-0.25, -0.2) is 5.43 Å². The molecule has 3 N–H and O–H groups in total. The summed E-state index contributed by atoms with van der Waals surface area (Å²) in [6, 6.07) is 7.80. The number of nitrogens with one attached hydrogen (secondary N) is 3. The maximum atomic E-state index is 13.0. The van der Waals surface area contributed by atoms with Crippen LogP contribution in [0, 0.1) is 0 Å². The summed E-state index contributed by atoms with van der Waals surface area (Å²) in [5.41, 5.74) is 11.2. The van der Waals surface area contributed by atoms with Gasteiger partial charge < -0.3 is 10.6 Å². The topological polar surface area (TPSA) is 56.4 Å². The molecule has 1 amide bonds. The summed E-state index contributed by atoms with van der Waals surface area (Å²) >= 11 is 0. The standard InChI is InChI=1S/C25H32N4O/c1-4-10-19-12-6-7-13-20(17-16-19)25(30)28-23-15-9-8-14-22(23)27-24-21(11-5-2)18-26-29(24)3/h7-9,12,14-17,26-27H,4-6,10-11,18H2,1-3H3,(H,28,30)/b17-16-,19-12-. The molecule has 1 aliphatic heterocycles. The fourth-order valence-corrected chi connectivity index (χ4v) is 3.61. The first kappa shape index (κ1) is 21.7. The average Bonchev–Trinajstić information content (AvgIpc) is 3.05. The zero-order valence-corrected chi connectivity index (χ0v) is 18.2. The Morgan fingerprint density at radius 1 is 1.13 bits per heavy atom. The number of benzene rings is 1. The average molecular weight is 405 g/mol. The molecule has 0 radical (unpaired) electrons. The van der Waals surface area contributed by atoms with E-state index in [-0.39, 0.29) is 5.91 Å². The highest BCUT2D eigenvalue weighted by Crippen LogP contribution is 2.27. The number of hydrogen-bond donors (Lipinski definition) is 3. The molecule has 0 spiro atoms. The number of anilines is 2. The molecule has 5 heteroatoms. The minimum absolute atomic E-state index is 0.157. The number of allylic oxidation sites excluding steroid dienone is 3. The van der Waals surface area contributed by atoms with Gasteiger partial charge in [-0.15, -0.1) is 5.73 Å². The number of carbonyl (C=O) groups is 1.